The summed E-state index contributed by atoms with van der Waals surface area (Å²) in [6.07, 6.45) is 1.89. The summed E-state index contributed by atoms with van der Waals surface area (Å²) in [5, 5.41) is 6.84. The van der Waals surface area contributed by atoms with E-state index in [1.165, 1.54) is 0 Å². The van der Waals surface area contributed by atoms with E-state index in [2.05, 4.69) is 17.6 Å². The molecule has 3 nitrogen and oxygen atoms in total. The molecule has 0 bridgehead atoms. The van der Waals surface area contributed by atoms with E-state index in [4.69, 9.17) is 11.6 Å². The number of carbonyl (C=O) groups is 1. The molecule has 0 aliphatic rings. The van der Waals surface area contributed by atoms with Gasteiger partial charge in [0.15, 0.2) is 0 Å². The Morgan fingerprint density at radius 3 is 2.50 bits per heavy atom. The average molecular weight is 269 g/mol. The number of nitrogens with one attached hydrogen (secondary N) is 2. The van der Waals surface area contributed by atoms with Crippen LogP contribution in [0.3, 0.4) is 0 Å². The van der Waals surface area contributed by atoms with Crippen LogP contribution in [0.25, 0.3) is 0 Å². The van der Waals surface area contributed by atoms with Crippen molar-refractivity contribution < 1.29 is 4.79 Å². The van der Waals surface area contributed by atoms with Gasteiger partial charge >= 0.3 is 0 Å². The smallest absolute Gasteiger partial charge is 0.233 e. The molecule has 0 heterocycles. The zero-order valence-corrected chi connectivity index (χ0v) is 11.8. The number of carbonyl (C=O) groups excluding carboxylic acids is 1. The number of amides is 1. The van der Waals surface area contributed by atoms with Gasteiger partial charge in [0.1, 0.15) is 0 Å². The van der Waals surface area contributed by atoms with Crippen LogP contribution in [0, 0.1) is 0 Å². The maximum absolute atomic E-state index is 11.5. The summed E-state index contributed by atoms with van der Waals surface area (Å²) in [6, 6.07) is 7.92. The number of hydrogen-bond acceptors (Lipinski definition) is 2. The molecule has 0 radical (unpaired) electrons. The Balaban J connectivity index is 2.47. The minimum Gasteiger partial charge on any atom is -0.355 e. The van der Waals surface area contributed by atoms with Crippen LogP contribution in [-0.4, -0.2) is 19.0 Å². The van der Waals surface area contributed by atoms with Gasteiger partial charge in [-0.2, -0.15) is 0 Å². The van der Waals surface area contributed by atoms with E-state index in [0.29, 0.717) is 6.54 Å². The van der Waals surface area contributed by atoms with Crippen molar-refractivity contribution >= 4 is 17.5 Å². The van der Waals surface area contributed by atoms with Gasteiger partial charge in [-0.15, -0.1) is 0 Å². The molecule has 1 amide bonds. The second-order valence-corrected chi connectivity index (χ2v) is 4.68. The van der Waals surface area contributed by atoms with Crippen LogP contribution in [0.5, 0.6) is 0 Å². The number of halogens is 1. The topological polar surface area (TPSA) is 41.1 Å². The Hall–Kier alpha value is -1.06. The van der Waals surface area contributed by atoms with E-state index < -0.39 is 0 Å². The maximum atomic E-state index is 11.5. The number of benzene rings is 1. The first kappa shape index (κ1) is 15.0. The van der Waals surface area contributed by atoms with Crippen molar-refractivity contribution in [3.8, 4) is 0 Å². The third kappa shape index (κ3) is 5.07. The van der Waals surface area contributed by atoms with Crippen molar-refractivity contribution in [3.63, 3.8) is 0 Å². The fraction of sp³-hybridized carbons (Fsp3) is 0.500. The summed E-state index contributed by atoms with van der Waals surface area (Å²) in [7, 11) is 0. The standard InChI is InChI=1S/C14H21ClN2O/c1-3-9-16-14(18)10-17-13(4-2)11-5-7-12(15)8-6-11/h5-8,13,17H,3-4,9-10H2,1-2H3,(H,16,18). The number of hydrogen-bond donors (Lipinski definition) is 2. The predicted molar refractivity (Wildman–Crippen MR) is 75.8 cm³/mol. The lowest BCUT2D eigenvalue weighted by Gasteiger charge is -2.17. The van der Waals surface area contributed by atoms with Crippen LogP contribution in [0.15, 0.2) is 24.3 Å². The van der Waals surface area contributed by atoms with Crippen LogP contribution in [0.1, 0.15) is 38.3 Å². The van der Waals surface area contributed by atoms with Crippen molar-refractivity contribution in [1.82, 2.24) is 10.6 Å². The second kappa shape index (κ2) is 8.11. The Kier molecular flexibility index (Phi) is 6.76. The third-order valence-corrected chi connectivity index (χ3v) is 3.01. The molecule has 0 fully saturated rings. The predicted octanol–water partition coefficient (Wildman–Crippen LogP) is 2.91. The van der Waals surface area contributed by atoms with Gasteiger partial charge in [-0.05, 0) is 30.5 Å². The van der Waals surface area contributed by atoms with Crippen LogP contribution in [-0.2, 0) is 4.79 Å². The van der Waals surface area contributed by atoms with Crippen LogP contribution in [0.4, 0.5) is 0 Å². The Labute approximate surface area is 114 Å². The van der Waals surface area contributed by atoms with E-state index in [1.54, 1.807) is 0 Å². The number of rotatable bonds is 7. The summed E-state index contributed by atoms with van der Waals surface area (Å²) in [5.74, 6) is 0.0456. The van der Waals surface area contributed by atoms with E-state index >= 15 is 0 Å². The molecule has 0 aliphatic carbocycles. The van der Waals surface area contributed by atoms with E-state index in [1.807, 2.05) is 31.2 Å². The molecular formula is C14H21ClN2O. The molecule has 2 N–H and O–H groups in total. The SMILES string of the molecule is CCCNC(=O)CNC(CC)c1ccc(Cl)cc1. The third-order valence-electron chi connectivity index (χ3n) is 2.76. The molecule has 0 aromatic heterocycles. The first-order valence-corrected chi connectivity index (χ1v) is 6.80. The quantitative estimate of drug-likeness (QED) is 0.798. The van der Waals surface area contributed by atoms with Crippen molar-refractivity contribution in [3.05, 3.63) is 34.9 Å². The van der Waals surface area contributed by atoms with E-state index in [9.17, 15) is 4.79 Å². The highest BCUT2D eigenvalue weighted by Gasteiger charge is 2.10. The molecule has 100 valence electrons. The molecular weight excluding hydrogens is 248 g/mol. The molecule has 1 atom stereocenters. The molecule has 18 heavy (non-hydrogen) atoms. The molecule has 0 saturated carbocycles. The zero-order chi connectivity index (χ0) is 13.4. The van der Waals surface area contributed by atoms with Gasteiger partial charge < -0.3 is 10.6 Å². The van der Waals surface area contributed by atoms with Gasteiger partial charge in [-0.1, -0.05) is 37.6 Å². The van der Waals surface area contributed by atoms with Crippen LogP contribution < -0.4 is 10.6 Å². The molecule has 0 aliphatic heterocycles. The van der Waals surface area contributed by atoms with Gasteiger partial charge in [-0.25, -0.2) is 0 Å². The molecule has 4 heteroatoms. The normalized spacial score (nSPS) is 12.2. The molecule has 1 rings (SSSR count). The summed E-state index contributed by atoms with van der Waals surface area (Å²) >= 11 is 5.86. The fourth-order valence-corrected chi connectivity index (χ4v) is 1.86. The summed E-state index contributed by atoms with van der Waals surface area (Å²) in [6.45, 7) is 5.21. The molecule has 1 aromatic carbocycles. The molecule has 0 spiro atoms. The first-order chi connectivity index (χ1) is 8.67. The molecule has 0 saturated heterocycles. The summed E-state index contributed by atoms with van der Waals surface area (Å²) in [5.41, 5.74) is 1.16. The van der Waals surface area contributed by atoms with Gasteiger partial charge in [0.05, 0.1) is 6.54 Å². The Bertz CT molecular complexity index is 365. The van der Waals surface area contributed by atoms with E-state index in [-0.39, 0.29) is 11.9 Å². The van der Waals surface area contributed by atoms with Gasteiger partial charge in [0.25, 0.3) is 0 Å². The highest BCUT2D eigenvalue weighted by Crippen LogP contribution is 2.18. The molecule has 1 unspecified atom stereocenters. The van der Waals surface area contributed by atoms with Crippen molar-refractivity contribution in [1.29, 1.82) is 0 Å². The first-order valence-electron chi connectivity index (χ1n) is 6.42. The fourth-order valence-electron chi connectivity index (χ4n) is 1.74. The van der Waals surface area contributed by atoms with Crippen molar-refractivity contribution in [2.24, 2.45) is 0 Å². The highest BCUT2D eigenvalue weighted by atomic mass is 35.5. The lowest BCUT2D eigenvalue weighted by atomic mass is 10.0. The molecule has 1 aromatic rings. The largest absolute Gasteiger partial charge is 0.355 e. The van der Waals surface area contributed by atoms with Gasteiger partial charge in [0.2, 0.25) is 5.91 Å². The minimum absolute atomic E-state index is 0.0456. The van der Waals surface area contributed by atoms with Crippen molar-refractivity contribution in [2.45, 2.75) is 32.7 Å². The van der Waals surface area contributed by atoms with Crippen LogP contribution in [0.2, 0.25) is 5.02 Å². The van der Waals surface area contributed by atoms with E-state index in [0.717, 1.165) is 30.0 Å². The van der Waals surface area contributed by atoms with Gasteiger partial charge in [-0.3, -0.25) is 4.79 Å². The zero-order valence-electron chi connectivity index (χ0n) is 11.0. The van der Waals surface area contributed by atoms with Crippen molar-refractivity contribution in [2.75, 3.05) is 13.1 Å². The highest BCUT2D eigenvalue weighted by molar-refractivity contribution is 6.30. The monoisotopic (exact) mass is 268 g/mol. The Morgan fingerprint density at radius 1 is 1.28 bits per heavy atom. The Morgan fingerprint density at radius 2 is 1.94 bits per heavy atom. The summed E-state index contributed by atoms with van der Waals surface area (Å²) < 4.78 is 0. The lowest BCUT2D eigenvalue weighted by Crippen LogP contribution is -2.35. The van der Waals surface area contributed by atoms with Gasteiger partial charge in [0, 0.05) is 17.6 Å². The minimum atomic E-state index is 0.0456. The maximum Gasteiger partial charge on any atom is 0.233 e. The summed E-state index contributed by atoms with van der Waals surface area (Å²) in [4.78, 5) is 11.5. The lowest BCUT2D eigenvalue weighted by molar-refractivity contribution is -0.120. The average Bonchev–Trinajstić information content (AvgIpc) is 2.39. The second-order valence-electron chi connectivity index (χ2n) is 4.24. The van der Waals surface area contributed by atoms with Crippen LogP contribution >= 0.6 is 11.6 Å².